The molecule has 1 aromatic carbocycles. The number of rotatable bonds is 6. The number of amides is 1. The molecule has 0 spiro atoms. The van der Waals surface area contributed by atoms with Crippen molar-refractivity contribution in [2.45, 2.75) is 33.0 Å². The Morgan fingerprint density at radius 3 is 2.58 bits per heavy atom. The molecule has 0 fully saturated rings. The largest absolute Gasteiger partial charge is 0.491 e. The van der Waals surface area contributed by atoms with Crippen LogP contribution in [0, 0.1) is 6.92 Å². The maximum Gasteiger partial charge on any atom is 0.254 e. The van der Waals surface area contributed by atoms with Crippen molar-refractivity contribution in [1.82, 2.24) is 0 Å². The lowest BCUT2D eigenvalue weighted by Crippen LogP contribution is -2.36. The van der Waals surface area contributed by atoms with Gasteiger partial charge in [-0.2, -0.15) is 0 Å². The molecule has 0 aliphatic rings. The fourth-order valence-electron chi connectivity index (χ4n) is 1.65. The van der Waals surface area contributed by atoms with Gasteiger partial charge in [-0.15, -0.1) is 0 Å². The number of aryl methyl sites for hydroxylation is 1. The van der Waals surface area contributed by atoms with Crippen molar-refractivity contribution >= 4 is 11.6 Å². The molecule has 19 heavy (non-hydrogen) atoms. The highest BCUT2D eigenvalue weighted by molar-refractivity contribution is 5.95. The standard InChI is InChI=1S/C14H22N2O3/c1-9(2)19-11-5-6-12(10(3)7-11)16-14(17)13(8-15)18-4/h5-7,9,13H,8,15H2,1-4H3,(H,16,17). The second-order valence-electron chi connectivity index (χ2n) is 4.59. The first-order valence-corrected chi connectivity index (χ1v) is 6.29. The van der Waals surface area contributed by atoms with E-state index in [1.54, 1.807) is 0 Å². The van der Waals surface area contributed by atoms with Crippen LogP contribution in [0.5, 0.6) is 5.75 Å². The Labute approximate surface area is 114 Å². The van der Waals surface area contributed by atoms with Crippen LogP contribution in [-0.4, -0.2) is 31.8 Å². The summed E-state index contributed by atoms with van der Waals surface area (Å²) < 4.78 is 10.6. The van der Waals surface area contributed by atoms with Crippen LogP contribution in [0.4, 0.5) is 5.69 Å². The Bertz CT molecular complexity index is 429. The molecule has 1 aromatic rings. The van der Waals surface area contributed by atoms with Crippen LogP contribution in [0.2, 0.25) is 0 Å². The summed E-state index contributed by atoms with van der Waals surface area (Å²) in [6, 6.07) is 5.53. The monoisotopic (exact) mass is 266 g/mol. The van der Waals surface area contributed by atoms with Crippen LogP contribution in [0.3, 0.4) is 0 Å². The lowest BCUT2D eigenvalue weighted by Gasteiger charge is -2.16. The third kappa shape index (κ3) is 4.54. The number of benzene rings is 1. The van der Waals surface area contributed by atoms with Gasteiger partial charge in [0.2, 0.25) is 0 Å². The average Bonchev–Trinajstić information content (AvgIpc) is 2.33. The molecule has 5 nitrogen and oxygen atoms in total. The SMILES string of the molecule is COC(CN)C(=O)Nc1ccc(OC(C)C)cc1C. The molecular formula is C14H22N2O3. The number of hydrogen-bond donors (Lipinski definition) is 2. The second-order valence-corrected chi connectivity index (χ2v) is 4.59. The smallest absolute Gasteiger partial charge is 0.254 e. The van der Waals surface area contributed by atoms with Gasteiger partial charge in [-0.3, -0.25) is 4.79 Å². The first-order chi connectivity index (χ1) is 8.97. The van der Waals surface area contributed by atoms with Gasteiger partial charge in [0.15, 0.2) is 0 Å². The van der Waals surface area contributed by atoms with E-state index in [2.05, 4.69) is 5.32 Å². The molecule has 0 saturated carbocycles. The first-order valence-electron chi connectivity index (χ1n) is 6.29. The third-order valence-electron chi connectivity index (χ3n) is 2.62. The van der Waals surface area contributed by atoms with Gasteiger partial charge in [0.1, 0.15) is 11.9 Å². The van der Waals surface area contributed by atoms with Gasteiger partial charge >= 0.3 is 0 Å². The Kier molecular flexibility index (Phi) is 5.79. The van der Waals surface area contributed by atoms with Crippen molar-refractivity contribution in [3.8, 4) is 5.75 Å². The maximum atomic E-state index is 11.8. The Hall–Kier alpha value is -1.59. The van der Waals surface area contributed by atoms with E-state index >= 15 is 0 Å². The molecule has 0 heterocycles. The summed E-state index contributed by atoms with van der Waals surface area (Å²) in [6.07, 6.45) is -0.513. The lowest BCUT2D eigenvalue weighted by atomic mass is 10.2. The van der Waals surface area contributed by atoms with Gasteiger partial charge in [0.05, 0.1) is 6.10 Å². The Morgan fingerprint density at radius 2 is 2.11 bits per heavy atom. The van der Waals surface area contributed by atoms with E-state index < -0.39 is 6.10 Å². The van der Waals surface area contributed by atoms with E-state index in [4.69, 9.17) is 15.2 Å². The quantitative estimate of drug-likeness (QED) is 0.822. The van der Waals surface area contributed by atoms with Crippen LogP contribution < -0.4 is 15.8 Å². The van der Waals surface area contributed by atoms with Gasteiger partial charge < -0.3 is 20.5 Å². The number of ether oxygens (including phenoxy) is 2. The van der Waals surface area contributed by atoms with Crippen LogP contribution >= 0.6 is 0 Å². The third-order valence-corrected chi connectivity index (χ3v) is 2.62. The highest BCUT2D eigenvalue weighted by Gasteiger charge is 2.16. The van der Waals surface area contributed by atoms with Crippen LogP contribution in [0.1, 0.15) is 19.4 Å². The van der Waals surface area contributed by atoms with Crippen molar-refractivity contribution in [3.63, 3.8) is 0 Å². The van der Waals surface area contributed by atoms with Gasteiger partial charge in [0.25, 0.3) is 5.91 Å². The number of hydrogen-bond acceptors (Lipinski definition) is 4. The van der Waals surface area contributed by atoms with Crippen LogP contribution in [0.15, 0.2) is 18.2 Å². The molecule has 1 rings (SSSR count). The summed E-state index contributed by atoms with van der Waals surface area (Å²) in [4.78, 5) is 11.8. The fraction of sp³-hybridized carbons (Fsp3) is 0.500. The minimum atomic E-state index is -0.633. The van der Waals surface area contributed by atoms with Gasteiger partial charge in [-0.05, 0) is 44.5 Å². The Balaban J connectivity index is 2.77. The fourth-order valence-corrected chi connectivity index (χ4v) is 1.65. The van der Waals surface area contributed by atoms with E-state index in [0.717, 1.165) is 17.0 Å². The summed E-state index contributed by atoms with van der Waals surface area (Å²) in [5.41, 5.74) is 7.11. The lowest BCUT2D eigenvalue weighted by molar-refractivity contribution is -0.125. The van der Waals surface area contributed by atoms with Crippen molar-refractivity contribution in [2.24, 2.45) is 5.73 Å². The molecule has 1 amide bonds. The molecule has 106 valence electrons. The zero-order chi connectivity index (χ0) is 14.4. The van der Waals surface area contributed by atoms with E-state index in [1.165, 1.54) is 7.11 Å². The zero-order valence-corrected chi connectivity index (χ0v) is 11.9. The molecule has 0 radical (unpaired) electrons. The predicted molar refractivity (Wildman–Crippen MR) is 75.4 cm³/mol. The number of nitrogens with two attached hydrogens (primary N) is 1. The number of carbonyl (C=O) groups excluding carboxylic acids is 1. The van der Waals surface area contributed by atoms with E-state index in [0.29, 0.717) is 0 Å². The molecule has 0 saturated heterocycles. The van der Waals surface area contributed by atoms with Crippen molar-refractivity contribution in [1.29, 1.82) is 0 Å². The summed E-state index contributed by atoms with van der Waals surface area (Å²) in [5, 5.41) is 2.79. The van der Waals surface area contributed by atoms with Gasteiger partial charge in [-0.1, -0.05) is 0 Å². The summed E-state index contributed by atoms with van der Waals surface area (Å²) in [6.45, 7) is 5.99. The second kappa shape index (κ2) is 7.11. The van der Waals surface area contributed by atoms with Crippen molar-refractivity contribution < 1.29 is 14.3 Å². The van der Waals surface area contributed by atoms with Crippen LogP contribution in [-0.2, 0) is 9.53 Å². The first kappa shape index (κ1) is 15.5. The maximum absolute atomic E-state index is 11.8. The minimum Gasteiger partial charge on any atom is -0.491 e. The number of methoxy groups -OCH3 is 1. The number of carbonyl (C=O) groups is 1. The minimum absolute atomic E-state index is 0.120. The summed E-state index contributed by atoms with van der Waals surface area (Å²) in [7, 11) is 1.46. The normalized spacial score (nSPS) is 12.3. The summed E-state index contributed by atoms with van der Waals surface area (Å²) >= 11 is 0. The molecule has 0 aliphatic heterocycles. The Morgan fingerprint density at radius 1 is 1.42 bits per heavy atom. The van der Waals surface area contributed by atoms with Crippen molar-refractivity contribution in [2.75, 3.05) is 19.0 Å². The van der Waals surface area contributed by atoms with Gasteiger partial charge in [-0.25, -0.2) is 0 Å². The molecule has 1 unspecified atom stereocenters. The molecule has 0 aromatic heterocycles. The molecular weight excluding hydrogens is 244 g/mol. The topological polar surface area (TPSA) is 73.6 Å². The number of nitrogens with one attached hydrogen (secondary N) is 1. The van der Waals surface area contributed by atoms with Crippen LogP contribution in [0.25, 0.3) is 0 Å². The zero-order valence-electron chi connectivity index (χ0n) is 11.9. The molecule has 3 N–H and O–H groups in total. The molecule has 1 atom stereocenters. The van der Waals surface area contributed by atoms with E-state index in [9.17, 15) is 4.79 Å². The number of anilines is 1. The molecule has 5 heteroatoms. The molecule has 0 bridgehead atoms. The highest BCUT2D eigenvalue weighted by atomic mass is 16.5. The van der Waals surface area contributed by atoms with Gasteiger partial charge in [0, 0.05) is 19.3 Å². The van der Waals surface area contributed by atoms with Crippen molar-refractivity contribution in [3.05, 3.63) is 23.8 Å². The molecule has 0 aliphatic carbocycles. The summed E-state index contributed by atoms with van der Waals surface area (Å²) in [5.74, 6) is 0.540. The average molecular weight is 266 g/mol. The predicted octanol–water partition coefficient (Wildman–Crippen LogP) is 1.69. The van der Waals surface area contributed by atoms with E-state index in [1.807, 2.05) is 39.0 Å². The highest BCUT2D eigenvalue weighted by Crippen LogP contribution is 2.22. The van der Waals surface area contributed by atoms with E-state index in [-0.39, 0.29) is 18.6 Å².